The lowest BCUT2D eigenvalue weighted by atomic mass is 10.2. The monoisotopic (exact) mass is 312 g/mol. The standard InChI is InChI=1S/C14H20N2O4S/c17-21(18,16-7-5-11-2-1-6-15-11)12-3-4-13-14(10-12)20-9-8-19-13/h3-4,10-11,15-16H,1-2,5-9H2/t11-/m1/s1. The van der Waals surface area contributed by atoms with Gasteiger partial charge in [-0.3, -0.25) is 0 Å². The number of nitrogens with one attached hydrogen (secondary N) is 2. The van der Waals surface area contributed by atoms with Crippen molar-refractivity contribution in [1.29, 1.82) is 0 Å². The first-order valence-electron chi connectivity index (χ1n) is 7.28. The van der Waals surface area contributed by atoms with Crippen molar-refractivity contribution >= 4 is 10.0 Å². The predicted molar refractivity (Wildman–Crippen MR) is 78.3 cm³/mol. The van der Waals surface area contributed by atoms with E-state index in [4.69, 9.17) is 9.47 Å². The average Bonchev–Trinajstić information content (AvgIpc) is 3.00. The van der Waals surface area contributed by atoms with E-state index in [1.807, 2.05) is 0 Å². The van der Waals surface area contributed by atoms with E-state index < -0.39 is 10.0 Å². The highest BCUT2D eigenvalue weighted by molar-refractivity contribution is 7.89. The Morgan fingerprint density at radius 2 is 2.05 bits per heavy atom. The maximum atomic E-state index is 12.3. The molecule has 7 heteroatoms. The Balaban J connectivity index is 1.63. The van der Waals surface area contributed by atoms with Gasteiger partial charge in [-0.15, -0.1) is 0 Å². The van der Waals surface area contributed by atoms with Crippen LogP contribution in [0.2, 0.25) is 0 Å². The van der Waals surface area contributed by atoms with Gasteiger partial charge in [-0.05, 0) is 37.9 Å². The van der Waals surface area contributed by atoms with Gasteiger partial charge in [0, 0.05) is 18.7 Å². The molecule has 116 valence electrons. The molecule has 0 saturated carbocycles. The number of benzene rings is 1. The normalized spacial score (nSPS) is 21.4. The van der Waals surface area contributed by atoms with Crippen molar-refractivity contribution in [2.45, 2.75) is 30.2 Å². The molecule has 1 aromatic rings. The lowest BCUT2D eigenvalue weighted by Crippen LogP contribution is -2.30. The van der Waals surface area contributed by atoms with Crippen molar-refractivity contribution < 1.29 is 17.9 Å². The molecule has 2 N–H and O–H groups in total. The topological polar surface area (TPSA) is 76.7 Å². The van der Waals surface area contributed by atoms with Crippen LogP contribution in [-0.2, 0) is 10.0 Å². The van der Waals surface area contributed by atoms with E-state index in [9.17, 15) is 8.42 Å². The second-order valence-corrected chi connectivity index (χ2v) is 7.05. The van der Waals surface area contributed by atoms with Gasteiger partial charge in [0.05, 0.1) is 4.90 Å². The SMILES string of the molecule is O=S(=O)(NCC[C@H]1CCCN1)c1ccc2c(c1)OCCO2. The van der Waals surface area contributed by atoms with E-state index in [0.717, 1.165) is 19.4 Å². The van der Waals surface area contributed by atoms with Crippen molar-refractivity contribution in [2.24, 2.45) is 0 Å². The highest BCUT2D eigenvalue weighted by Crippen LogP contribution is 2.32. The fourth-order valence-corrected chi connectivity index (χ4v) is 3.71. The quantitative estimate of drug-likeness (QED) is 0.844. The summed E-state index contributed by atoms with van der Waals surface area (Å²) in [5.41, 5.74) is 0. The van der Waals surface area contributed by atoms with Crippen molar-refractivity contribution in [3.8, 4) is 11.5 Å². The van der Waals surface area contributed by atoms with E-state index in [0.29, 0.717) is 37.3 Å². The first-order valence-corrected chi connectivity index (χ1v) is 8.76. The summed E-state index contributed by atoms with van der Waals surface area (Å²) in [5.74, 6) is 1.08. The van der Waals surface area contributed by atoms with Crippen molar-refractivity contribution in [3.05, 3.63) is 18.2 Å². The Hall–Kier alpha value is -1.31. The van der Waals surface area contributed by atoms with Crippen LogP contribution in [0.4, 0.5) is 0 Å². The highest BCUT2D eigenvalue weighted by atomic mass is 32.2. The van der Waals surface area contributed by atoms with E-state index in [2.05, 4.69) is 10.0 Å². The third-order valence-corrected chi connectivity index (χ3v) is 5.23. The highest BCUT2D eigenvalue weighted by Gasteiger charge is 2.20. The minimum Gasteiger partial charge on any atom is -0.486 e. The number of sulfonamides is 1. The molecule has 1 fully saturated rings. The number of rotatable bonds is 5. The molecule has 2 aliphatic rings. The van der Waals surface area contributed by atoms with Gasteiger partial charge in [-0.25, -0.2) is 13.1 Å². The fourth-order valence-electron chi connectivity index (χ4n) is 2.64. The summed E-state index contributed by atoms with van der Waals surface area (Å²) in [7, 11) is -3.50. The van der Waals surface area contributed by atoms with E-state index in [1.165, 1.54) is 12.5 Å². The van der Waals surface area contributed by atoms with E-state index in [1.54, 1.807) is 12.1 Å². The molecule has 0 spiro atoms. The molecule has 1 atom stereocenters. The molecular weight excluding hydrogens is 292 g/mol. The van der Waals surface area contributed by atoms with Gasteiger partial charge in [0.15, 0.2) is 11.5 Å². The van der Waals surface area contributed by atoms with Crippen LogP contribution in [-0.4, -0.2) is 40.8 Å². The molecule has 0 aromatic heterocycles. The fraction of sp³-hybridized carbons (Fsp3) is 0.571. The van der Waals surface area contributed by atoms with Crippen LogP contribution in [0.3, 0.4) is 0 Å². The maximum absolute atomic E-state index is 12.3. The second kappa shape index (κ2) is 6.21. The van der Waals surface area contributed by atoms with Crippen LogP contribution in [0, 0.1) is 0 Å². The molecule has 3 rings (SSSR count). The zero-order valence-electron chi connectivity index (χ0n) is 11.8. The number of hydrogen-bond donors (Lipinski definition) is 2. The zero-order valence-corrected chi connectivity index (χ0v) is 12.6. The number of hydrogen-bond acceptors (Lipinski definition) is 5. The van der Waals surface area contributed by atoms with Gasteiger partial charge in [0.1, 0.15) is 13.2 Å². The molecule has 1 aromatic carbocycles. The van der Waals surface area contributed by atoms with Gasteiger partial charge in [0.2, 0.25) is 10.0 Å². The van der Waals surface area contributed by atoms with Gasteiger partial charge in [-0.2, -0.15) is 0 Å². The molecule has 6 nitrogen and oxygen atoms in total. The Morgan fingerprint density at radius 3 is 2.81 bits per heavy atom. The number of fused-ring (bicyclic) bond motifs is 1. The largest absolute Gasteiger partial charge is 0.486 e. The number of ether oxygens (including phenoxy) is 2. The van der Waals surface area contributed by atoms with Crippen molar-refractivity contribution in [1.82, 2.24) is 10.0 Å². The predicted octanol–water partition coefficient (Wildman–Crippen LogP) is 0.878. The third-order valence-electron chi connectivity index (χ3n) is 3.77. The zero-order chi connectivity index (χ0) is 14.7. The smallest absolute Gasteiger partial charge is 0.240 e. The third kappa shape index (κ3) is 3.48. The van der Waals surface area contributed by atoms with E-state index in [-0.39, 0.29) is 4.90 Å². The summed E-state index contributed by atoms with van der Waals surface area (Å²) >= 11 is 0. The van der Waals surface area contributed by atoms with Gasteiger partial charge >= 0.3 is 0 Å². The summed E-state index contributed by atoms with van der Waals surface area (Å²) in [5, 5.41) is 3.35. The first-order chi connectivity index (χ1) is 10.1. The Bertz CT molecular complexity index is 597. The van der Waals surface area contributed by atoms with Crippen LogP contribution in [0.1, 0.15) is 19.3 Å². The molecule has 0 aliphatic carbocycles. The summed E-state index contributed by atoms with van der Waals surface area (Å²) in [6, 6.07) is 5.13. The molecular formula is C14H20N2O4S. The molecule has 1 saturated heterocycles. The van der Waals surface area contributed by atoms with Crippen LogP contribution in [0.25, 0.3) is 0 Å². The van der Waals surface area contributed by atoms with Crippen LogP contribution in [0.5, 0.6) is 11.5 Å². The van der Waals surface area contributed by atoms with Gasteiger partial charge < -0.3 is 14.8 Å². The van der Waals surface area contributed by atoms with Crippen LogP contribution in [0.15, 0.2) is 23.1 Å². The Morgan fingerprint density at radius 1 is 1.24 bits per heavy atom. The molecule has 0 unspecified atom stereocenters. The molecule has 2 heterocycles. The summed E-state index contributed by atoms with van der Waals surface area (Å²) in [6.45, 7) is 2.40. The minimum absolute atomic E-state index is 0.214. The van der Waals surface area contributed by atoms with Gasteiger partial charge in [0.25, 0.3) is 0 Å². The first kappa shape index (κ1) is 14.6. The van der Waals surface area contributed by atoms with Crippen LogP contribution < -0.4 is 19.5 Å². The molecule has 0 bridgehead atoms. The van der Waals surface area contributed by atoms with Crippen molar-refractivity contribution in [2.75, 3.05) is 26.3 Å². The average molecular weight is 312 g/mol. The lowest BCUT2D eigenvalue weighted by molar-refractivity contribution is 0.171. The molecule has 0 amide bonds. The van der Waals surface area contributed by atoms with Gasteiger partial charge in [-0.1, -0.05) is 0 Å². The Labute approximate surface area is 124 Å². The lowest BCUT2D eigenvalue weighted by Gasteiger charge is -2.19. The summed E-state index contributed by atoms with van der Waals surface area (Å²) in [6.07, 6.45) is 3.09. The molecule has 0 radical (unpaired) electrons. The molecule has 21 heavy (non-hydrogen) atoms. The Kier molecular flexibility index (Phi) is 4.32. The summed E-state index contributed by atoms with van der Waals surface area (Å²) in [4.78, 5) is 0.214. The maximum Gasteiger partial charge on any atom is 0.240 e. The second-order valence-electron chi connectivity index (χ2n) is 5.29. The van der Waals surface area contributed by atoms with Crippen LogP contribution >= 0.6 is 0 Å². The minimum atomic E-state index is -3.50. The van der Waals surface area contributed by atoms with Crippen molar-refractivity contribution in [3.63, 3.8) is 0 Å². The molecule has 2 aliphatic heterocycles. The van der Waals surface area contributed by atoms with E-state index >= 15 is 0 Å². The summed E-state index contributed by atoms with van der Waals surface area (Å²) < 4.78 is 38.0.